The van der Waals surface area contributed by atoms with E-state index in [4.69, 9.17) is 10.00 Å². The first-order valence-electron chi connectivity index (χ1n) is 6.24. The molecule has 0 radical (unpaired) electrons. The normalized spacial score (nSPS) is 12.4. The molecule has 0 aliphatic carbocycles. The highest BCUT2D eigenvalue weighted by atomic mass is 16.5. The minimum atomic E-state index is -0.905. The Labute approximate surface area is 113 Å². The largest absolute Gasteiger partial charge is 0.475 e. The third-order valence-electron chi connectivity index (χ3n) is 2.60. The number of carbonyl (C=O) groups excluding carboxylic acids is 1. The van der Waals surface area contributed by atoms with Gasteiger partial charge in [0.2, 0.25) is 5.88 Å². The molecule has 1 atom stereocenters. The second-order valence-corrected chi connectivity index (χ2v) is 4.91. The Morgan fingerprint density at radius 2 is 2.32 bits per heavy atom. The molecule has 1 N–H and O–H groups in total. The van der Waals surface area contributed by atoms with E-state index in [0.717, 1.165) is 6.42 Å². The smallest absolute Gasteiger partial charge is 0.252 e. The maximum atomic E-state index is 12.0. The van der Waals surface area contributed by atoms with Gasteiger partial charge in [0.1, 0.15) is 5.54 Å². The summed E-state index contributed by atoms with van der Waals surface area (Å²) >= 11 is 0. The number of carbonyl (C=O) groups is 1. The Hall–Kier alpha value is -2.09. The number of nitrogens with zero attached hydrogens (tertiary/aromatic N) is 2. The summed E-state index contributed by atoms with van der Waals surface area (Å²) in [6.45, 7) is 7.23. The summed E-state index contributed by atoms with van der Waals surface area (Å²) in [6.07, 6.45) is 2.42. The van der Waals surface area contributed by atoms with Crippen molar-refractivity contribution in [1.82, 2.24) is 10.3 Å². The molecule has 0 bridgehead atoms. The van der Waals surface area contributed by atoms with E-state index < -0.39 is 5.54 Å². The molecule has 0 saturated heterocycles. The van der Waals surface area contributed by atoms with Gasteiger partial charge in [-0.1, -0.05) is 6.92 Å². The summed E-state index contributed by atoms with van der Waals surface area (Å²) in [5, 5.41) is 11.5. The number of hydrogen-bond acceptors (Lipinski definition) is 4. The summed E-state index contributed by atoms with van der Waals surface area (Å²) in [7, 11) is 0. The van der Waals surface area contributed by atoms with E-state index in [9.17, 15) is 4.79 Å². The van der Waals surface area contributed by atoms with Gasteiger partial charge in [0.15, 0.2) is 0 Å². The van der Waals surface area contributed by atoms with Crippen molar-refractivity contribution in [2.45, 2.75) is 45.8 Å². The number of hydrogen-bond donors (Lipinski definition) is 1. The molecule has 0 saturated carbocycles. The fraction of sp³-hybridized carbons (Fsp3) is 0.500. The second-order valence-electron chi connectivity index (χ2n) is 4.91. The van der Waals surface area contributed by atoms with Crippen molar-refractivity contribution in [1.29, 1.82) is 5.26 Å². The van der Waals surface area contributed by atoms with E-state index in [1.165, 1.54) is 6.20 Å². The molecule has 1 aromatic heterocycles. The predicted octanol–water partition coefficient (Wildman–Crippen LogP) is 2.29. The van der Waals surface area contributed by atoms with E-state index in [-0.39, 0.29) is 12.0 Å². The van der Waals surface area contributed by atoms with Crippen LogP contribution in [-0.2, 0) is 0 Å². The Morgan fingerprint density at radius 1 is 1.63 bits per heavy atom. The highest BCUT2D eigenvalue weighted by molar-refractivity contribution is 5.95. The van der Waals surface area contributed by atoms with Gasteiger partial charge in [-0.2, -0.15) is 5.26 Å². The molecule has 5 nitrogen and oxygen atoms in total. The van der Waals surface area contributed by atoms with Gasteiger partial charge in [0, 0.05) is 17.8 Å². The number of pyridine rings is 1. The van der Waals surface area contributed by atoms with Crippen LogP contribution in [0.2, 0.25) is 0 Å². The topological polar surface area (TPSA) is 75.0 Å². The molecule has 1 aromatic rings. The van der Waals surface area contributed by atoms with Gasteiger partial charge >= 0.3 is 0 Å². The molecule has 1 rings (SSSR count). The van der Waals surface area contributed by atoms with Crippen molar-refractivity contribution in [3.05, 3.63) is 23.9 Å². The van der Waals surface area contributed by atoms with E-state index in [2.05, 4.69) is 10.3 Å². The minimum absolute atomic E-state index is 0.0429. The van der Waals surface area contributed by atoms with Crippen molar-refractivity contribution in [3.8, 4) is 11.9 Å². The summed E-state index contributed by atoms with van der Waals surface area (Å²) in [4.78, 5) is 16.0. The SMILES string of the molecule is CC[C@@H](C)Oc1cc(C(=O)NC(C)(C)C#N)ccn1. The maximum absolute atomic E-state index is 12.0. The van der Waals surface area contributed by atoms with E-state index in [1.54, 1.807) is 26.0 Å². The molecule has 0 fully saturated rings. The number of rotatable bonds is 5. The lowest BCUT2D eigenvalue weighted by Crippen LogP contribution is -2.42. The number of nitriles is 1. The van der Waals surface area contributed by atoms with Crippen LogP contribution < -0.4 is 10.1 Å². The van der Waals surface area contributed by atoms with Crippen molar-refractivity contribution in [3.63, 3.8) is 0 Å². The van der Waals surface area contributed by atoms with Crippen LogP contribution in [0.1, 0.15) is 44.5 Å². The zero-order chi connectivity index (χ0) is 14.5. The van der Waals surface area contributed by atoms with Crippen LogP contribution in [0.15, 0.2) is 18.3 Å². The summed E-state index contributed by atoms with van der Waals surface area (Å²) in [6, 6.07) is 5.19. The Morgan fingerprint density at radius 3 is 2.89 bits per heavy atom. The van der Waals surface area contributed by atoms with Gasteiger partial charge in [-0.25, -0.2) is 4.98 Å². The van der Waals surface area contributed by atoms with Gasteiger partial charge in [-0.3, -0.25) is 4.79 Å². The molecule has 19 heavy (non-hydrogen) atoms. The van der Waals surface area contributed by atoms with Crippen molar-refractivity contribution < 1.29 is 9.53 Å². The lowest BCUT2D eigenvalue weighted by atomic mass is 10.1. The first kappa shape index (κ1) is 15.0. The molecule has 5 heteroatoms. The molecule has 0 unspecified atom stereocenters. The van der Waals surface area contributed by atoms with Crippen LogP contribution in [0.4, 0.5) is 0 Å². The van der Waals surface area contributed by atoms with E-state index >= 15 is 0 Å². The Kier molecular flexibility index (Phi) is 4.87. The lowest BCUT2D eigenvalue weighted by Gasteiger charge is -2.18. The van der Waals surface area contributed by atoms with Gasteiger partial charge < -0.3 is 10.1 Å². The number of nitrogens with one attached hydrogen (secondary N) is 1. The number of ether oxygens (including phenoxy) is 1. The second kappa shape index (κ2) is 6.19. The zero-order valence-corrected chi connectivity index (χ0v) is 11.7. The molecule has 0 aromatic carbocycles. The van der Waals surface area contributed by atoms with Gasteiger partial charge in [-0.15, -0.1) is 0 Å². The summed E-state index contributed by atoms with van der Waals surface area (Å²) in [5.74, 6) is 0.0970. The first-order valence-corrected chi connectivity index (χ1v) is 6.24. The zero-order valence-electron chi connectivity index (χ0n) is 11.7. The highest BCUT2D eigenvalue weighted by Gasteiger charge is 2.20. The van der Waals surface area contributed by atoms with Crippen molar-refractivity contribution in [2.75, 3.05) is 0 Å². The van der Waals surface area contributed by atoms with Gasteiger partial charge in [-0.05, 0) is 33.3 Å². The molecule has 1 amide bonds. The summed E-state index contributed by atoms with van der Waals surface area (Å²) in [5.41, 5.74) is -0.477. The first-order chi connectivity index (χ1) is 8.88. The van der Waals surface area contributed by atoms with E-state index in [1.807, 2.05) is 19.9 Å². The number of aromatic nitrogens is 1. The van der Waals surface area contributed by atoms with Crippen LogP contribution in [0.25, 0.3) is 0 Å². The fourth-order valence-corrected chi connectivity index (χ4v) is 1.29. The van der Waals surface area contributed by atoms with Crippen LogP contribution in [0, 0.1) is 11.3 Å². The fourth-order valence-electron chi connectivity index (χ4n) is 1.29. The van der Waals surface area contributed by atoms with Crippen molar-refractivity contribution in [2.24, 2.45) is 0 Å². The maximum Gasteiger partial charge on any atom is 0.252 e. The van der Waals surface area contributed by atoms with Gasteiger partial charge in [0.25, 0.3) is 5.91 Å². The molecule has 102 valence electrons. The van der Waals surface area contributed by atoms with Crippen molar-refractivity contribution >= 4 is 5.91 Å². The Balaban J connectivity index is 2.82. The predicted molar refractivity (Wildman–Crippen MR) is 71.8 cm³/mol. The third kappa shape index (κ3) is 4.59. The summed E-state index contributed by atoms with van der Waals surface area (Å²) < 4.78 is 5.55. The van der Waals surface area contributed by atoms with Gasteiger partial charge in [0.05, 0.1) is 12.2 Å². The molecule has 0 aliphatic rings. The quantitative estimate of drug-likeness (QED) is 0.882. The monoisotopic (exact) mass is 261 g/mol. The van der Waals surface area contributed by atoms with E-state index in [0.29, 0.717) is 11.4 Å². The average Bonchev–Trinajstić information content (AvgIpc) is 2.38. The van der Waals surface area contributed by atoms with Crippen LogP contribution in [0.5, 0.6) is 5.88 Å². The molecule has 0 spiro atoms. The number of amides is 1. The lowest BCUT2D eigenvalue weighted by molar-refractivity contribution is 0.0928. The van der Waals surface area contributed by atoms with Crippen LogP contribution >= 0.6 is 0 Å². The highest BCUT2D eigenvalue weighted by Crippen LogP contribution is 2.13. The van der Waals surface area contributed by atoms with Crippen LogP contribution in [-0.4, -0.2) is 22.5 Å². The molecular weight excluding hydrogens is 242 g/mol. The Bertz CT molecular complexity index is 492. The average molecular weight is 261 g/mol. The molecule has 0 aliphatic heterocycles. The minimum Gasteiger partial charge on any atom is -0.475 e. The van der Waals surface area contributed by atoms with Crippen LogP contribution in [0.3, 0.4) is 0 Å². The standard InChI is InChI=1S/C14H19N3O2/c1-5-10(2)19-12-8-11(6-7-16-12)13(18)17-14(3,4)9-15/h6-8,10H,5H2,1-4H3,(H,17,18)/t10-/m1/s1. The third-order valence-corrected chi connectivity index (χ3v) is 2.60. The molecule has 1 heterocycles. The molecular formula is C14H19N3O2.